The Morgan fingerprint density at radius 2 is 1.95 bits per heavy atom. The van der Waals surface area contributed by atoms with Crippen LogP contribution in [0.5, 0.6) is 0 Å². The van der Waals surface area contributed by atoms with Gasteiger partial charge in [0.2, 0.25) is 10.0 Å². The summed E-state index contributed by atoms with van der Waals surface area (Å²) in [5.41, 5.74) is 0. The summed E-state index contributed by atoms with van der Waals surface area (Å²) in [6, 6.07) is 12.9. The van der Waals surface area contributed by atoms with Gasteiger partial charge in [-0.15, -0.1) is 0 Å². The Labute approximate surface area is 125 Å². The first-order valence-corrected chi connectivity index (χ1v) is 8.74. The maximum atomic E-state index is 12.5. The highest BCUT2D eigenvalue weighted by molar-refractivity contribution is 7.89. The largest absolute Gasteiger partial charge is 0.378 e. The van der Waals surface area contributed by atoms with Crippen molar-refractivity contribution in [2.24, 2.45) is 0 Å². The number of hydrogen-bond donors (Lipinski definition) is 1. The standard InChI is InChI=1S/C16H19NO3S/c18-21(19,17-11-10-14-7-4-12-20-14)16-9-3-6-13-5-1-2-8-15(13)16/h1-3,5-6,8-9,14,17H,4,7,10-12H2. The monoisotopic (exact) mass is 305 g/mol. The third-order valence-corrected chi connectivity index (χ3v) is 5.34. The average Bonchev–Trinajstić information content (AvgIpc) is 3.00. The minimum Gasteiger partial charge on any atom is -0.378 e. The minimum atomic E-state index is -3.48. The number of ether oxygens (including phenoxy) is 1. The van der Waals surface area contributed by atoms with Crippen LogP contribution in [-0.2, 0) is 14.8 Å². The van der Waals surface area contributed by atoms with E-state index in [2.05, 4.69) is 4.72 Å². The molecule has 1 N–H and O–H groups in total. The maximum Gasteiger partial charge on any atom is 0.241 e. The second-order valence-electron chi connectivity index (χ2n) is 5.30. The summed E-state index contributed by atoms with van der Waals surface area (Å²) in [6.45, 7) is 1.21. The highest BCUT2D eigenvalue weighted by Crippen LogP contribution is 2.22. The van der Waals surface area contributed by atoms with Gasteiger partial charge in [0, 0.05) is 18.5 Å². The molecular formula is C16H19NO3S. The molecule has 1 unspecified atom stereocenters. The first-order chi connectivity index (χ1) is 10.2. The first kappa shape index (κ1) is 14.5. The summed E-state index contributed by atoms with van der Waals surface area (Å²) >= 11 is 0. The highest BCUT2D eigenvalue weighted by Gasteiger charge is 2.19. The van der Waals surface area contributed by atoms with Crippen LogP contribution in [0.2, 0.25) is 0 Å². The Bertz CT molecular complexity index is 716. The third kappa shape index (κ3) is 3.26. The van der Waals surface area contributed by atoms with Gasteiger partial charge in [-0.1, -0.05) is 36.4 Å². The van der Waals surface area contributed by atoms with E-state index in [1.807, 2.05) is 30.3 Å². The number of sulfonamides is 1. The molecule has 0 amide bonds. The molecule has 4 nitrogen and oxygen atoms in total. The Morgan fingerprint density at radius 3 is 2.76 bits per heavy atom. The second-order valence-corrected chi connectivity index (χ2v) is 7.03. The van der Waals surface area contributed by atoms with Crippen LogP contribution < -0.4 is 4.72 Å². The fraction of sp³-hybridized carbons (Fsp3) is 0.375. The van der Waals surface area contributed by atoms with Crippen LogP contribution in [0.3, 0.4) is 0 Å². The molecule has 0 spiro atoms. The quantitative estimate of drug-likeness (QED) is 0.924. The Kier molecular flexibility index (Phi) is 4.24. The molecule has 0 aliphatic carbocycles. The molecule has 0 aromatic heterocycles. The second kappa shape index (κ2) is 6.13. The normalized spacial score (nSPS) is 19.1. The fourth-order valence-electron chi connectivity index (χ4n) is 2.73. The zero-order chi connectivity index (χ0) is 14.7. The zero-order valence-electron chi connectivity index (χ0n) is 11.8. The molecule has 1 aliphatic rings. The van der Waals surface area contributed by atoms with Crippen LogP contribution in [0, 0.1) is 0 Å². The van der Waals surface area contributed by atoms with Crippen molar-refractivity contribution in [3.05, 3.63) is 42.5 Å². The predicted octanol–water partition coefficient (Wildman–Crippen LogP) is 2.69. The molecule has 5 heteroatoms. The molecule has 1 saturated heterocycles. The number of nitrogens with one attached hydrogen (secondary N) is 1. The van der Waals surface area contributed by atoms with Crippen LogP contribution in [0.15, 0.2) is 47.4 Å². The van der Waals surface area contributed by atoms with Crippen molar-refractivity contribution >= 4 is 20.8 Å². The number of rotatable bonds is 5. The third-order valence-electron chi connectivity index (χ3n) is 3.82. The number of hydrogen-bond acceptors (Lipinski definition) is 3. The van der Waals surface area contributed by atoms with Crippen LogP contribution in [-0.4, -0.2) is 27.7 Å². The Balaban J connectivity index is 1.76. The molecule has 1 heterocycles. The maximum absolute atomic E-state index is 12.5. The van der Waals surface area contributed by atoms with E-state index < -0.39 is 10.0 Å². The van der Waals surface area contributed by atoms with Crippen LogP contribution in [0.4, 0.5) is 0 Å². The first-order valence-electron chi connectivity index (χ1n) is 7.26. The van der Waals surface area contributed by atoms with E-state index in [0.717, 1.165) is 36.6 Å². The van der Waals surface area contributed by atoms with Crippen molar-refractivity contribution < 1.29 is 13.2 Å². The lowest BCUT2D eigenvalue weighted by Gasteiger charge is -2.12. The number of fused-ring (bicyclic) bond motifs is 1. The molecule has 1 atom stereocenters. The summed E-state index contributed by atoms with van der Waals surface area (Å²) in [5.74, 6) is 0. The van der Waals surface area contributed by atoms with E-state index in [0.29, 0.717) is 11.4 Å². The van der Waals surface area contributed by atoms with Gasteiger partial charge in [0.1, 0.15) is 0 Å². The lowest BCUT2D eigenvalue weighted by Crippen LogP contribution is -2.27. The lowest BCUT2D eigenvalue weighted by molar-refractivity contribution is 0.105. The van der Waals surface area contributed by atoms with Crippen molar-refractivity contribution in [3.63, 3.8) is 0 Å². The molecule has 2 aromatic rings. The topological polar surface area (TPSA) is 55.4 Å². The Hall–Kier alpha value is -1.43. The van der Waals surface area contributed by atoms with Gasteiger partial charge in [0.15, 0.2) is 0 Å². The van der Waals surface area contributed by atoms with Gasteiger partial charge in [0.05, 0.1) is 11.0 Å². The van der Waals surface area contributed by atoms with Crippen LogP contribution in [0.1, 0.15) is 19.3 Å². The SMILES string of the molecule is O=S(=O)(NCCC1CCCO1)c1cccc2ccccc12. The van der Waals surface area contributed by atoms with Crippen molar-refractivity contribution in [1.29, 1.82) is 0 Å². The van der Waals surface area contributed by atoms with E-state index in [-0.39, 0.29) is 6.10 Å². The van der Waals surface area contributed by atoms with Crippen molar-refractivity contribution in [1.82, 2.24) is 4.72 Å². The van der Waals surface area contributed by atoms with E-state index in [9.17, 15) is 8.42 Å². The molecule has 1 fully saturated rings. The van der Waals surface area contributed by atoms with Crippen LogP contribution >= 0.6 is 0 Å². The minimum absolute atomic E-state index is 0.195. The van der Waals surface area contributed by atoms with Crippen molar-refractivity contribution in [3.8, 4) is 0 Å². The summed E-state index contributed by atoms with van der Waals surface area (Å²) < 4.78 is 33.1. The lowest BCUT2D eigenvalue weighted by atomic mass is 10.1. The van der Waals surface area contributed by atoms with Gasteiger partial charge in [-0.3, -0.25) is 0 Å². The van der Waals surface area contributed by atoms with Gasteiger partial charge in [-0.25, -0.2) is 13.1 Å². The zero-order valence-corrected chi connectivity index (χ0v) is 12.6. The van der Waals surface area contributed by atoms with Gasteiger partial charge in [-0.05, 0) is 30.7 Å². The van der Waals surface area contributed by atoms with Crippen molar-refractivity contribution in [2.75, 3.05) is 13.2 Å². The molecular weight excluding hydrogens is 286 g/mol. The Morgan fingerprint density at radius 1 is 1.14 bits per heavy atom. The smallest absolute Gasteiger partial charge is 0.241 e. The van der Waals surface area contributed by atoms with E-state index in [4.69, 9.17) is 4.74 Å². The average molecular weight is 305 g/mol. The van der Waals surface area contributed by atoms with Gasteiger partial charge >= 0.3 is 0 Å². The molecule has 21 heavy (non-hydrogen) atoms. The van der Waals surface area contributed by atoms with Gasteiger partial charge in [-0.2, -0.15) is 0 Å². The highest BCUT2D eigenvalue weighted by atomic mass is 32.2. The molecule has 0 saturated carbocycles. The van der Waals surface area contributed by atoms with E-state index >= 15 is 0 Å². The van der Waals surface area contributed by atoms with Gasteiger partial charge < -0.3 is 4.74 Å². The number of benzene rings is 2. The molecule has 1 aliphatic heterocycles. The predicted molar refractivity (Wildman–Crippen MR) is 82.7 cm³/mol. The summed E-state index contributed by atoms with van der Waals surface area (Å²) in [6.07, 6.45) is 3.01. The van der Waals surface area contributed by atoms with Gasteiger partial charge in [0.25, 0.3) is 0 Å². The molecule has 0 radical (unpaired) electrons. The van der Waals surface area contributed by atoms with Crippen LogP contribution in [0.25, 0.3) is 10.8 Å². The fourth-order valence-corrected chi connectivity index (χ4v) is 4.01. The van der Waals surface area contributed by atoms with E-state index in [1.165, 1.54) is 0 Å². The van der Waals surface area contributed by atoms with Crippen molar-refractivity contribution in [2.45, 2.75) is 30.3 Å². The van der Waals surface area contributed by atoms with E-state index in [1.54, 1.807) is 12.1 Å². The molecule has 112 valence electrons. The molecule has 0 bridgehead atoms. The molecule has 2 aromatic carbocycles. The summed E-state index contributed by atoms with van der Waals surface area (Å²) in [4.78, 5) is 0.341. The summed E-state index contributed by atoms with van der Waals surface area (Å²) in [5, 5.41) is 1.68. The summed E-state index contributed by atoms with van der Waals surface area (Å²) in [7, 11) is -3.48. The molecule has 3 rings (SSSR count).